The average molecular weight is 461 g/mol. The highest BCUT2D eigenvalue weighted by Gasteiger charge is 2.33. The highest BCUT2D eigenvalue weighted by molar-refractivity contribution is 7.10. The number of ether oxygens (including phenoxy) is 1. The number of esters is 1. The molecule has 3 heterocycles. The molecule has 1 aliphatic rings. The van der Waals surface area contributed by atoms with E-state index in [0.717, 1.165) is 21.2 Å². The molecule has 0 fully saturated rings. The molecule has 1 unspecified atom stereocenters. The van der Waals surface area contributed by atoms with Gasteiger partial charge in [-0.15, -0.1) is 11.3 Å². The Hall–Kier alpha value is -3.29. The number of thiazole rings is 1. The van der Waals surface area contributed by atoms with Crippen LogP contribution >= 0.6 is 22.7 Å². The van der Waals surface area contributed by atoms with Crippen LogP contribution in [0.25, 0.3) is 16.8 Å². The molecule has 7 heteroatoms. The number of thiophene rings is 1. The smallest absolute Gasteiger partial charge is 0.338 e. The van der Waals surface area contributed by atoms with Crippen molar-refractivity contribution < 1.29 is 9.53 Å². The van der Waals surface area contributed by atoms with E-state index in [0.29, 0.717) is 20.6 Å². The Morgan fingerprint density at radius 3 is 2.75 bits per heavy atom. The van der Waals surface area contributed by atoms with Crippen LogP contribution in [0, 0.1) is 0 Å². The van der Waals surface area contributed by atoms with E-state index in [1.54, 1.807) is 18.4 Å². The van der Waals surface area contributed by atoms with E-state index >= 15 is 0 Å². The van der Waals surface area contributed by atoms with E-state index in [9.17, 15) is 9.59 Å². The van der Waals surface area contributed by atoms with Crippen molar-refractivity contribution in [2.75, 3.05) is 6.61 Å². The molecular formula is C25H20N2O3S2. The van der Waals surface area contributed by atoms with Crippen molar-refractivity contribution in [3.63, 3.8) is 0 Å². The van der Waals surface area contributed by atoms with Gasteiger partial charge in [0.25, 0.3) is 5.56 Å². The van der Waals surface area contributed by atoms with Crippen LogP contribution in [0.1, 0.15) is 30.3 Å². The molecule has 0 radical (unpaired) electrons. The van der Waals surface area contributed by atoms with Crippen LogP contribution in [-0.2, 0) is 9.53 Å². The molecule has 2 aromatic heterocycles. The highest BCUT2D eigenvalue weighted by Crippen LogP contribution is 2.33. The van der Waals surface area contributed by atoms with E-state index < -0.39 is 12.0 Å². The normalized spacial score (nSPS) is 16.2. The lowest BCUT2D eigenvalue weighted by molar-refractivity contribution is -0.139. The molecule has 4 aromatic rings. The van der Waals surface area contributed by atoms with E-state index in [-0.39, 0.29) is 12.2 Å². The summed E-state index contributed by atoms with van der Waals surface area (Å²) >= 11 is 2.85. The largest absolute Gasteiger partial charge is 0.463 e. The number of carbonyl (C=O) groups excluding carboxylic acids is 1. The zero-order chi connectivity index (χ0) is 22.2. The maximum absolute atomic E-state index is 13.6. The number of rotatable bonds is 4. The standard InChI is InChI=1S/C25H20N2O3S2/c1-3-30-24(29)21-15(2)26-25-27(22(21)19-12-7-13-31-19)23(28)20(32-25)14-17-10-6-9-16-8-4-5-11-18(16)17/h4-14,22H,3H2,1-2H3. The van der Waals surface area contributed by atoms with Crippen LogP contribution < -0.4 is 14.9 Å². The molecule has 0 bridgehead atoms. The van der Waals surface area contributed by atoms with Crippen molar-refractivity contribution in [1.29, 1.82) is 0 Å². The van der Waals surface area contributed by atoms with Crippen LogP contribution in [0.2, 0.25) is 0 Å². The van der Waals surface area contributed by atoms with E-state index in [4.69, 9.17) is 4.74 Å². The number of fused-ring (bicyclic) bond motifs is 2. The minimum atomic E-state index is -0.542. The summed E-state index contributed by atoms with van der Waals surface area (Å²) in [5.74, 6) is -0.435. The topological polar surface area (TPSA) is 60.7 Å². The minimum absolute atomic E-state index is 0.158. The van der Waals surface area contributed by atoms with Gasteiger partial charge in [-0.1, -0.05) is 59.9 Å². The first-order valence-corrected chi connectivity index (χ1v) is 12.0. The first-order valence-electron chi connectivity index (χ1n) is 10.3. The average Bonchev–Trinajstić information content (AvgIpc) is 3.42. The fourth-order valence-electron chi connectivity index (χ4n) is 4.03. The Morgan fingerprint density at radius 1 is 1.16 bits per heavy atom. The summed E-state index contributed by atoms with van der Waals surface area (Å²) in [5.41, 5.74) is 1.81. The third-order valence-corrected chi connectivity index (χ3v) is 7.35. The van der Waals surface area contributed by atoms with Crippen molar-refractivity contribution in [3.05, 3.63) is 101 Å². The van der Waals surface area contributed by atoms with Gasteiger partial charge in [-0.25, -0.2) is 9.79 Å². The molecule has 0 aliphatic carbocycles. The Kier molecular flexibility index (Phi) is 5.36. The first kappa shape index (κ1) is 20.6. The number of allylic oxidation sites excluding steroid dienone is 1. The summed E-state index contributed by atoms with van der Waals surface area (Å²) in [5, 5.41) is 4.14. The molecule has 0 spiro atoms. The van der Waals surface area contributed by atoms with E-state index in [1.807, 2.05) is 47.9 Å². The summed E-state index contributed by atoms with van der Waals surface area (Å²) in [6.07, 6.45) is 1.92. The van der Waals surface area contributed by atoms with Gasteiger partial charge >= 0.3 is 5.97 Å². The summed E-state index contributed by atoms with van der Waals surface area (Å²) in [6.45, 7) is 3.83. The molecule has 0 amide bonds. The minimum Gasteiger partial charge on any atom is -0.463 e. The Balaban J connectivity index is 1.74. The lowest BCUT2D eigenvalue weighted by Gasteiger charge is -2.23. The van der Waals surface area contributed by atoms with E-state index in [2.05, 4.69) is 23.2 Å². The number of hydrogen-bond donors (Lipinski definition) is 0. The lowest BCUT2D eigenvalue weighted by atomic mass is 10.0. The number of hydrogen-bond acceptors (Lipinski definition) is 6. The monoisotopic (exact) mass is 460 g/mol. The Bertz CT molecular complexity index is 1540. The molecule has 0 saturated heterocycles. The van der Waals surface area contributed by atoms with Crippen molar-refractivity contribution in [3.8, 4) is 0 Å². The SMILES string of the molecule is CCOC(=O)C1=C(C)N=c2sc(=Cc3cccc4ccccc34)c(=O)n2C1c1cccs1. The molecule has 2 aromatic carbocycles. The van der Waals surface area contributed by atoms with Crippen LogP contribution in [0.15, 0.2) is 81.0 Å². The van der Waals surface area contributed by atoms with Crippen molar-refractivity contribution in [2.45, 2.75) is 19.9 Å². The summed E-state index contributed by atoms with van der Waals surface area (Å²) in [7, 11) is 0. The quantitative estimate of drug-likeness (QED) is 0.432. The summed E-state index contributed by atoms with van der Waals surface area (Å²) < 4.78 is 7.53. The number of benzene rings is 2. The van der Waals surface area contributed by atoms with Gasteiger partial charge in [0.2, 0.25) is 0 Å². The lowest BCUT2D eigenvalue weighted by Crippen LogP contribution is -2.39. The van der Waals surface area contributed by atoms with Crippen LogP contribution in [0.3, 0.4) is 0 Å². The summed E-state index contributed by atoms with van der Waals surface area (Å²) in [4.78, 5) is 32.5. The van der Waals surface area contributed by atoms with Crippen molar-refractivity contribution in [1.82, 2.24) is 4.57 Å². The van der Waals surface area contributed by atoms with E-state index in [1.165, 1.54) is 22.7 Å². The molecular weight excluding hydrogens is 440 g/mol. The molecule has 160 valence electrons. The van der Waals surface area contributed by atoms with Crippen molar-refractivity contribution >= 4 is 45.5 Å². The van der Waals surface area contributed by atoms with Gasteiger partial charge in [0.05, 0.1) is 22.4 Å². The molecule has 0 N–H and O–H groups in total. The maximum Gasteiger partial charge on any atom is 0.338 e. The first-order chi connectivity index (χ1) is 15.6. The molecule has 5 nitrogen and oxygen atoms in total. The van der Waals surface area contributed by atoms with Crippen LogP contribution in [0.5, 0.6) is 0 Å². The molecule has 0 saturated carbocycles. The van der Waals surface area contributed by atoms with Crippen molar-refractivity contribution in [2.24, 2.45) is 4.99 Å². The number of carbonyl (C=O) groups is 1. The predicted octanol–water partition coefficient (Wildman–Crippen LogP) is 4.01. The van der Waals surface area contributed by atoms with Crippen LogP contribution in [0.4, 0.5) is 0 Å². The van der Waals surface area contributed by atoms with Gasteiger partial charge in [-0.05, 0) is 47.7 Å². The maximum atomic E-state index is 13.6. The third kappa shape index (κ3) is 3.43. The van der Waals surface area contributed by atoms with Gasteiger partial charge in [0.1, 0.15) is 6.04 Å². The molecule has 32 heavy (non-hydrogen) atoms. The van der Waals surface area contributed by atoms with Crippen LogP contribution in [-0.4, -0.2) is 17.1 Å². The Labute approximate surface area is 192 Å². The van der Waals surface area contributed by atoms with Gasteiger partial charge in [-0.2, -0.15) is 0 Å². The zero-order valence-corrected chi connectivity index (χ0v) is 19.2. The van der Waals surface area contributed by atoms with Gasteiger partial charge in [-0.3, -0.25) is 9.36 Å². The fraction of sp³-hybridized carbons (Fsp3) is 0.160. The second kappa shape index (κ2) is 8.33. The zero-order valence-electron chi connectivity index (χ0n) is 17.6. The second-order valence-electron chi connectivity index (χ2n) is 7.39. The molecule has 1 atom stereocenters. The molecule has 5 rings (SSSR count). The number of aromatic nitrogens is 1. The van der Waals surface area contributed by atoms with Gasteiger partial charge < -0.3 is 4.74 Å². The van der Waals surface area contributed by atoms with Gasteiger partial charge in [0, 0.05) is 4.88 Å². The van der Waals surface area contributed by atoms with Gasteiger partial charge in [0.15, 0.2) is 4.80 Å². The fourth-order valence-corrected chi connectivity index (χ4v) is 5.89. The Morgan fingerprint density at radius 2 is 1.97 bits per heavy atom. The highest BCUT2D eigenvalue weighted by atomic mass is 32.1. The second-order valence-corrected chi connectivity index (χ2v) is 9.37. The number of nitrogens with zero attached hydrogens (tertiary/aromatic N) is 2. The third-order valence-electron chi connectivity index (χ3n) is 5.44. The molecule has 1 aliphatic heterocycles. The predicted molar refractivity (Wildman–Crippen MR) is 129 cm³/mol. The summed E-state index contributed by atoms with van der Waals surface area (Å²) in [6, 6.07) is 17.5.